The number of ether oxygens (including phenoxy) is 1. The summed E-state index contributed by atoms with van der Waals surface area (Å²) in [5.74, 6) is -0.879. The number of hydrogen-bond donors (Lipinski definition) is 1. The average Bonchev–Trinajstić information content (AvgIpc) is 3.18. The van der Waals surface area contributed by atoms with Gasteiger partial charge in [-0.2, -0.15) is 5.10 Å². The molecule has 3 aromatic rings. The fourth-order valence-electron chi connectivity index (χ4n) is 2.89. The van der Waals surface area contributed by atoms with Crippen LogP contribution in [-0.4, -0.2) is 34.8 Å². The molecule has 154 valence electrons. The van der Waals surface area contributed by atoms with Crippen LogP contribution in [0.15, 0.2) is 72.9 Å². The van der Waals surface area contributed by atoms with E-state index < -0.39 is 5.97 Å². The highest BCUT2D eigenvalue weighted by molar-refractivity contribution is 5.90. The smallest absolute Gasteiger partial charge is 0.331 e. The Bertz CT molecular complexity index is 995. The number of hydrogen-bond acceptors (Lipinski definition) is 4. The molecule has 0 saturated carbocycles. The van der Waals surface area contributed by atoms with Crippen LogP contribution < -0.4 is 5.32 Å². The molecule has 1 N–H and O–H groups in total. The Kier molecular flexibility index (Phi) is 7.55. The van der Waals surface area contributed by atoms with E-state index in [-0.39, 0.29) is 12.5 Å². The van der Waals surface area contributed by atoms with Gasteiger partial charge in [-0.15, -0.1) is 0 Å². The first kappa shape index (κ1) is 21.0. The fraction of sp³-hybridized carbons (Fsp3) is 0.208. The third-order valence-electron chi connectivity index (χ3n) is 4.34. The molecule has 2 aromatic carbocycles. The molecule has 30 heavy (non-hydrogen) atoms. The number of rotatable bonds is 9. The maximum atomic E-state index is 12.0. The molecule has 6 nitrogen and oxygen atoms in total. The summed E-state index contributed by atoms with van der Waals surface area (Å²) in [4.78, 5) is 23.6. The van der Waals surface area contributed by atoms with E-state index in [9.17, 15) is 9.59 Å². The van der Waals surface area contributed by atoms with Crippen LogP contribution in [0.4, 0.5) is 0 Å². The normalized spacial score (nSPS) is 10.8. The topological polar surface area (TPSA) is 73.2 Å². The first-order chi connectivity index (χ1) is 14.7. The summed E-state index contributed by atoms with van der Waals surface area (Å²) in [5, 5.41) is 7.38. The Hall–Kier alpha value is -3.67. The van der Waals surface area contributed by atoms with Gasteiger partial charge in [0.15, 0.2) is 6.61 Å². The van der Waals surface area contributed by atoms with Crippen molar-refractivity contribution in [2.45, 2.75) is 19.9 Å². The third kappa shape index (κ3) is 6.17. The van der Waals surface area contributed by atoms with Gasteiger partial charge in [0.2, 0.25) is 0 Å². The number of carbonyl (C=O) groups is 2. The molecule has 0 bridgehead atoms. The van der Waals surface area contributed by atoms with Crippen molar-refractivity contribution in [3.8, 4) is 11.3 Å². The highest BCUT2D eigenvalue weighted by Crippen LogP contribution is 2.23. The van der Waals surface area contributed by atoms with E-state index in [1.54, 1.807) is 6.08 Å². The van der Waals surface area contributed by atoms with Gasteiger partial charge in [0.25, 0.3) is 5.91 Å². The molecular formula is C24H25N3O3. The van der Waals surface area contributed by atoms with Crippen LogP contribution >= 0.6 is 0 Å². The van der Waals surface area contributed by atoms with Gasteiger partial charge in [0.1, 0.15) is 0 Å². The minimum absolute atomic E-state index is 0.290. The highest BCUT2D eigenvalue weighted by Gasteiger charge is 2.11. The molecule has 0 atom stereocenters. The predicted octanol–water partition coefficient (Wildman–Crippen LogP) is 3.68. The lowest BCUT2D eigenvalue weighted by molar-refractivity contribution is -0.143. The molecule has 0 spiro atoms. The minimum Gasteiger partial charge on any atom is -0.452 e. The predicted molar refractivity (Wildman–Crippen MR) is 117 cm³/mol. The van der Waals surface area contributed by atoms with Gasteiger partial charge in [0, 0.05) is 29.9 Å². The second kappa shape index (κ2) is 10.8. The van der Waals surface area contributed by atoms with Crippen LogP contribution in [0.5, 0.6) is 0 Å². The van der Waals surface area contributed by atoms with Crippen LogP contribution in [0.3, 0.4) is 0 Å². The molecule has 0 unspecified atom stereocenters. The van der Waals surface area contributed by atoms with Crippen molar-refractivity contribution in [1.29, 1.82) is 0 Å². The minimum atomic E-state index is -0.573. The molecule has 6 heteroatoms. The first-order valence-electron chi connectivity index (χ1n) is 9.94. The van der Waals surface area contributed by atoms with Crippen molar-refractivity contribution in [1.82, 2.24) is 15.1 Å². The molecule has 0 radical (unpaired) electrons. The Morgan fingerprint density at radius 1 is 1.07 bits per heavy atom. The van der Waals surface area contributed by atoms with E-state index in [2.05, 4.69) is 5.32 Å². The number of esters is 1. The van der Waals surface area contributed by atoms with Crippen LogP contribution in [0, 0.1) is 0 Å². The van der Waals surface area contributed by atoms with Gasteiger partial charge in [0.05, 0.1) is 12.2 Å². The lowest BCUT2D eigenvalue weighted by Crippen LogP contribution is -2.28. The monoisotopic (exact) mass is 403 g/mol. The second-order valence-corrected chi connectivity index (χ2v) is 6.77. The Labute approximate surface area is 176 Å². The number of amides is 1. The van der Waals surface area contributed by atoms with E-state index in [1.807, 2.05) is 78.5 Å². The molecule has 1 aromatic heterocycles. The number of nitrogens with zero attached hydrogens (tertiary/aromatic N) is 2. The molecular weight excluding hydrogens is 378 g/mol. The van der Waals surface area contributed by atoms with E-state index in [1.165, 1.54) is 6.08 Å². The van der Waals surface area contributed by atoms with Crippen molar-refractivity contribution >= 4 is 18.0 Å². The van der Waals surface area contributed by atoms with E-state index >= 15 is 0 Å². The number of benzene rings is 2. The zero-order valence-electron chi connectivity index (χ0n) is 17.0. The summed E-state index contributed by atoms with van der Waals surface area (Å²) < 4.78 is 6.85. The quantitative estimate of drug-likeness (QED) is 0.437. The number of nitrogens with one attached hydrogen (secondary N) is 1. The molecule has 0 aliphatic heterocycles. The third-order valence-corrected chi connectivity index (χ3v) is 4.34. The molecule has 0 fully saturated rings. The van der Waals surface area contributed by atoms with Crippen LogP contribution in [-0.2, 0) is 20.9 Å². The van der Waals surface area contributed by atoms with E-state index in [0.29, 0.717) is 13.1 Å². The summed E-state index contributed by atoms with van der Waals surface area (Å²) in [6.07, 6.45) is 5.72. The van der Waals surface area contributed by atoms with Gasteiger partial charge in [-0.05, 0) is 18.1 Å². The lowest BCUT2D eigenvalue weighted by atomic mass is 10.1. The molecule has 0 aliphatic rings. The average molecular weight is 403 g/mol. The molecule has 3 rings (SSSR count). The van der Waals surface area contributed by atoms with Gasteiger partial charge >= 0.3 is 5.97 Å². The number of aromatic nitrogens is 2. The second-order valence-electron chi connectivity index (χ2n) is 6.77. The fourth-order valence-corrected chi connectivity index (χ4v) is 2.89. The standard InChI is InChI=1S/C24H25N3O3/c1-2-15-25-22(28)18-30-23(29)14-13-21-17-27(16-19-9-5-3-6-10-19)26-24(21)20-11-7-4-8-12-20/h3-14,17H,2,15-16,18H2,1H3,(H,25,28)/b14-13+. The van der Waals surface area contributed by atoms with Crippen molar-refractivity contribution in [2.24, 2.45) is 0 Å². The van der Waals surface area contributed by atoms with Gasteiger partial charge in [-0.1, -0.05) is 67.6 Å². The van der Waals surface area contributed by atoms with Gasteiger partial charge in [-0.3, -0.25) is 9.48 Å². The summed E-state index contributed by atoms with van der Waals surface area (Å²) in [6.45, 7) is 2.85. The van der Waals surface area contributed by atoms with E-state index in [4.69, 9.17) is 9.84 Å². The van der Waals surface area contributed by atoms with Crippen LogP contribution in [0.25, 0.3) is 17.3 Å². The van der Waals surface area contributed by atoms with Crippen LogP contribution in [0.1, 0.15) is 24.5 Å². The Balaban J connectivity index is 1.74. The largest absolute Gasteiger partial charge is 0.452 e. The van der Waals surface area contributed by atoms with Crippen LogP contribution in [0.2, 0.25) is 0 Å². The summed E-state index contributed by atoms with van der Waals surface area (Å²) in [7, 11) is 0. The lowest BCUT2D eigenvalue weighted by Gasteiger charge is -2.03. The molecule has 1 amide bonds. The van der Waals surface area contributed by atoms with Crippen molar-refractivity contribution in [3.05, 3.63) is 84.1 Å². The van der Waals surface area contributed by atoms with Crippen molar-refractivity contribution < 1.29 is 14.3 Å². The van der Waals surface area contributed by atoms with Gasteiger partial charge in [-0.25, -0.2) is 4.79 Å². The maximum Gasteiger partial charge on any atom is 0.331 e. The maximum absolute atomic E-state index is 12.0. The Morgan fingerprint density at radius 3 is 2.47 bits per heavy atom. The zero-order valence-corrected chi connectivity index (χ0v) is 17.0. The SMILES string of the molecule is CCCNC(=O)COC(=O)/C=C/c1cn(Cc2ccccc2)nc1-c1ccccc1. The highest BCUT2D eigenvalue weighted by atomic mass is 16.5. The van der Waals surface area contributed by atoms with Crippen molar-refractivity contribution in [3.63, 3.8) is 0 Å². The number of carbonyl (C=O) groups excluding carboxylic acids is 2. The zero-order chi connectivity index (χ0) is 21.2. The summed E-state index contributed by atoms with van der Waals surface area (Å²) in [5.41, 5.74) is 3.66. The van der Waals surface area contributed by atoms with Crippen molar-refractivity contribution in [2.75, 3.05) is 13.2 Å². The summed E-state index contributed by atoms with van der Waals surface area (Å²) in [6, 6.07) is 19.8. The first-order valence-corrected chi connectivity index (χ1v) is 9.94. The Morgan fingerprint density at radius 2 is 1.77 bits per heavy atom. The molecule has 0 saturated heterocycles. The molecule has 1 heterocycles. The molecule has 0 aliphatic carbocycles. The van der Waals surface area contributed by atoms with E-state index in [0.717, 1.165) is 28.8 Å². The summed E-state index contributed by atoms with van der Waals surface area (Å²) >= 11 is 0. The van der Waals surface area contributed by atoms with Gasteiger partial charge < -0.3 is 10.1 Å².